The Bertz CT molecular complexity index is 378. The predicted octanol–water partition coefficient (Wildman–Crippen LogP) is 2.44. The molecule has 17 heavy (non-hydrogen) atoms. The van der Waals surface area contributed by atoms with E-state index >= 15 is 0 Å². The van der Waals surface area contributed by atoms with Crippen LogP contribution in [0.3, 0.4) is 0 Å². The van der Waals surface area contributed by atoms with E-state index in [1.807, 2.05) is 18.2 Å². The van der Waals surface area contributed by atoms with Crippen molar-refractivity contribution >= 4 is 5.69 Å². The van der Waals surface area contributed by atoms with E-state index in [9.17, 15) is 0 Å². The Labute approximate surface area is 104 Å². The molecule has 1 atom stereocenters. The Morgan fingerprint density at radius 2 is 2.24 bits per heavy atom. The zero-order valence-corrected chi connectivity index (χ0v) is 10.8. The highest BCUT2D eigenvalue weighted by atomic mass is 16.5. The minimum absolute atomic E-state index is 0.531. The number of ether oxygens (including phenoxy) is 1. The van der Waals surface area contributed by atoms with Crippen molar-refractivity contribution in [2.75, 3.05) is 25.9 Å². The highest BCUT2D eigenvalue weighted by Gasteiger charge is 2.19. The average molecular weight is 234 g/mol. The topological polar surface area (TPSA) is 38.5 Å². The van der Waals surface area contributed by atoms with E-state index in [2.05, 4.69) is 18.9 Å². The molecular weight excluding hydrogens is 212 g/mol. The first kappa shape index (κ1) is 12.2. The molecule has 0 saturated carbocycles. The number of nitrogens with zero attached hydrogens (tertiary/aromatic N) is 1. The van der Waals surface area contributed by atoms with E-state index in [1.54, 1.807) is 0 Å². The Balaban J connectivity index is 1.94. The summed E-state index contributed by atoms with van der Waals surface area (Å²) in [6.07, 6.45) is 3.84. The highest BCUT2D eigenvalue weighted by molar-refractivity contribution is 5.53. The number of hydrogen-bond donors (Lipinski definition) is 1. The summed E-state index contributed by atoms with van der Waals surface area (Å²) in [6, 6.07) is 6.46. The first-order valence-electron chi connectivity index (χ1n) is 6.36. The van der Waals surface area contributed by atoms with Crippen molar-refractivity contribution in [3.8, 4) is 5.75 Å². The van der Waals surface area contributed by atoms with Gasteiger partial charge in [0.2, 0.25) is 0 Å². The van der Waals surface area contributed by atoms with Gasteiger partial charge in [-0.3, -0.25) is 0 Å². The standard InChI is InChI=1S/C14H22N2O/c1-11-6-7-13(15)14(9-11)17-10-12-5-3-4-8-16(12)2/h6-7,9,12H,3-5,8,10,15H2,1-2H3. The Kier molecular flexibility index (Phi) is 3.89. The van der Waals surface area contributed by atoms with Gasteiger partial charge in [-0.25, -0.2) is 0 Å². The fraction of sp³-hybridized carbons (Fsp3) is 0.571. The van der Waals surface area contributed by atoms with Gasteiger partial charge in [0.25, 0.3) is 0 Å². The molecule has 0 aromatic heterocycles. The number of piperidine rings is 1. The quantitative estimate of drug-likeness (QED) is 0.816. The molecule has 1 unspecified atom stereocenters. The zero-order chi connectivity index (χ0) is 12.3. The van der Waals surface area contributed by atoms with Crippen molar-refractivity contribution in [1.82, 2.24) is 4.90 Å². The summed E-state index contributed by atoms with van der Waals surface area (Å²) in [4.78, 5) is 2.38. The summed E-state index contributed by atoms with van der Waals surface area (Å²) in [6.45, 7) is 3.97. The molecule has 1 aromatic carbocycles. The number of hydrogen-bond acceptors (Lipinski definition) is 3. The fourth-order valence-corrected chi connectivity index (χ4v) is 2.31. The molecule has 3 nitrogen and oxygen atoms in total. The van der Waals surface area contributed by atoms with Crippen LogP contribution in [-0.4, -0.2) is 31.1 Å². The SMILES string of the molecule is Cc1ccc(N)c(OCC2CCCCN2C)c1. The zero-order valence-electron chi connectivity index (χ0n) is 10.8. The molecule has 94 valence electrons. The fourth-order valence-electron chi connectivity index (χ4n) is 2.31. The number of rotatable bonds is 3. The number of nitrogens with two attached hydrogens (primary N) is 1. The molecule has 2 N–H and O–H groups in total. The molecule has 0 amide bonds. The summed E-state index contributed by atoms with van der Waals surface area (Å²) in [5.41, 5.74) is 7.82. The molecule has 0 spiro atoms. The van der Waals surface area contributed by atoms with Crippen LogP contribution in [0, 0.1) is 6.92 Å². The molecule has 1 aliphatic heterocycles. The van der Waals surface area contributed by atoms with Crippen molar-refractivity contribution in [3.63, 3.8) is 0 Å². The second-order valence-corrected chi connectivity index (χ2v) is 4.98. The second-order valence-electron chi connectivity index (χ2n) is 4.98. The first-order valence-corrected chi connectivity index (χ1v) is 6.36. The summed E-state index contributed by atoms with van der Waals surface area (Å²) in [5, 5.41) is 0. The van der Waals surface area contributed by atoms with Gasteiger partial charge in [0.1, 0.15) is 12.4 Å². The molecule has 3 heteroatoms. The van der Waals surface area contributed by atoms with Crippen molar-refractivity contribution in [2.45, 2.75) is 32.2 Å². The lowest BCUT2D eigenvalue weighted by Crippen LogP contribution is -2.40. The van der Waals surface area contributed by atoms with E-state index in [-0.39, 0.29) is 0 Å². The van der Waals surface area contributed by atoms with Crippen molar-refractivity contribution in [2.24, 2.45) is 0 Å². The normalized spacial score (nSPS) is 21.4. The van der Waals surface area contributed by atoms with Crippen LogP contribution in [0.15, 0.2) is 18.2 Å². The third-order valence-corrected chi connectivity index (χ3v) is 3.52. The molecule has 0 bridgehead atoms. The third kappa shape index (κ3) is 3.13. The van der Waals surface area contributed by atoms with Crippen LogP contribution in [0.5, 0.6) is 5.75 Å². The smallest absolute Gasteiger partial charge is 0.142 e. The Morgan fingerprint density at radius 1 is 1.41 bits per heavy atom. The van der Waals surface area contributed by atoms with Crippen molar-refractivity contribution < 1.29 is 4.74 Å². The molecule has 0 aliphatic carbocycles. The summed E-state index contributed by atoms with van der Waals surface area (Å²) < 4.78 is 5.86. The molecule has 1 saturated heterocycles. The summed E-state index contributed by atoms with van der Waals surface area (Å²) >= 11 is 0. The second kappa shape index (κ2) is 5.41. The number of benzene rings is 1. The monoisotopic (exact) mass is 234 g/mol. The van der Waals surface area contributed by atoms with E-state index in [1.165, 1.54) is 31.4 Å². The molecule has 0 radical (unpaired) electrons. The van der Waals surface area contributed by atoms with Crippen molar-refractivity contribution in [3.05, 3.63) is 23.8 Å². The van der Waals surface area contributed by atoms with Gasteiger partial charge in [0, 0.05) is 6.04 Å². The molecule has 1 aliphatic rings. The third-order valence-electron chi connectivity index (χ3n) is 3.52. The van der Waals surface area contributed by atoms with Crippen LogP contribution >= 0.6 is 0 Å². The number of anilines is 1. The van der Waals surface area contributed by atoms with Gasteiger partial charge in [-0.1, -0.05) is 12.5 Å². The van der Waals surface area contributed by atoms with Gasteiger partial charge in [-0.2, -0.15) is 0 Å². The first-order chi connectivity index (χ1) is 8.16. The number of likely N-dealkylation sites (tertiary alicyclic amines) is 1. The van der Waals surface area contributed by atoms with Crippen LogP contribution in [0.2, 0.25) is 0 Å². The minimum Gasteiger partial charge on any atom is -0.490 e. The predicted molar refractivity (Wildman–Crippen MR) is 71.4 cm³/mol. The Morgan fingerprint density at radius 3 is 3.00 bits per heavy atom. The molecular formula is C14H22N2O. The van der Waals surface area contributed by atoms with Gasteiger partial charge >= 0.3 is 0 Å². The molecule has 1 heterocycles. The molecule has 1 fully saturated rings. The van der Waals surface area contributed by atoms with Crippen LogP contribution in [-0.2, 0) is 0 Å². The summed E-state index contributed by atoms with van der Waals surface area (Å²) in [7, 11) is 2.17. The van der Waals surface area contributed by atoms with Gasteiger partial charge in [0.05, 0.1) is 5.69 Å². The Hall–Kier alpha value is -1.22. The maximum absolute atomic E-state index is 5.90. The lowest BCUT2D eigenvalue weighted by atomic mass is 10.0. The van der Waals surface area contributed by atoms with E-state index in [0.29, 0.717) is 6.04 Å². The molecule has 2 rings (SSSR count). The van der Waals surface area contributed by atoms with Gasteiger partial charge < -0.3 is 15.4 Å². The van der Waals surface area contributed by atoms with E-state index < -0.39 is 0 Å². The van der Waals surface area contributed by atoms with Crippen molar-refractivity contribution in [1.29, 1.82) is 0 Å². The van der Waals surface area contributed by atoms with Crippen LogP contribution in [0.25, 0.3) is 0 Å². The van der Waals surface area contributed by atoms with Crippen LogP contribution in [0.1, 0.15) is 24.8 Å². The molecule has 1 aromatic rings. The van der Waals surface area contributed by atoms with Gasteiger partial charge in [-0.05, 0) is 51.1 Å². The lowest BCUT2D eigenvalue weighted by molar-refractivity contribution is 0.125. The van der Waals surface area contributed by atoms with Gasteiger partial charge in [0.15, 0.2) is 0 Å². The number of likely N-dealkylation sites (N-methyl/N-ethyl adjacent to an activating group) is 1. The highest BCUT2D eigenvalue weighted by Crippen LogP contribution is 2.24. The average Bonchev–Trinajstić information content (AvgIpc) is 2.32. The largest absolute Gasteiger partial charge is 0.490 e. The van der Waals surface area contributed by atoms with E-state index in [0.717, 1.165) is 18.0 Å². The van der Waals surface area contributed by atoms with Crippen LogP contribution in [0.4, 0.5) is 5.69 Å². The van der Waals surface area contributed by atoms with E-state index in [4.69, 9.17) is 10.5 Å². The minimum atomic E-state index is 0.531. The maximum atomic E-state index is 5.90. The summed E-state index contributed by atoms with van der Waals surface area (Å²) in [5.74, 6) is 0.823. The number of nitrogen functional groups attached to an aromatic ring is 1. The lowest BCUT2D eigenvalue weighted by Gasteiger charge is -2.32. The number of aryl methyl sites for hydroxylation is 1. The van der Waals surface area contributed by atoms with Gasteiger partial charge in [-0.15, -0.1) is 0 Å². The van der Waals surface area contributed by atoms with Crippen LogP contribution < -0.4 is 10.5 Å². The maximum Gasteiger partial charge on any atom is 0.142 e.